The normalized spacial score (nSPS) is 26.4. The highest BCUT2D eigenvalue weighted by Crippen LogP contribution is 2.29. The summed E-state index contributed by atoms with van der Waals surface area (Å²) >= 11 is 1.38. The molecule has 1 saturated heterocycles. The Morgan fingerprint density at radius 2 is 2.22 bits per heavy atom. The average molecular weight is 288 g/mol. The van der Waals surface area contributed by atoms with E-state index in [0.717, 1.165) is 24.1 Å². The first kappa shape index (κ1) is 14.0. The maximum absolute atomic E-state index is 12.5. The summed E-state index contributed by atoms with van der Waals surface area (Å²) in [5, 5.41) is 0. The highest BCUT2D eigenvalue weighted by atomic mass is 32.2. The maximum atomic E-state index is 12.5. The molecule has 1 aromatic rings. The summed E-state index contributed by atoms with van der Waals surface area (Å²) in [7, 11) is -3.33. The van der Waals surface area contributed by atoms with Gasteiger partial charge in [-0.05, 0) is 38.3 Å². The predicted molar refractivity (Wildman–Crippen MR) is 74.3 cm³/mol. The van der Waals surface area contributed by atoms with Crippen molar-refractivity contribution in [3.63, 3.8) is 0 Å². The zero-order valence-electron chi connectivity index (χ0n) is 10.8. The summed E-state index contributed by atoms with van der Waals surface area (Å²) < 4.78 is 27.1. The summed E-state index contributed by atoms with van der Waals surface area (Å²) in [6.45, 7) is 4.50. The number of nitrogens with two attached hydrogens (primary N) is 1. The van der Waals surface area contributed by atoms with Crippen LogP contribution in [0.5, 0.6) is 0 Å². The van der Waals surface area contributed by atoms with E-state index in [2.05, 4.69) is 0 Å². The third-order valence-electron chi connectivity index (χ3n) is 3.40. The van der Waals surface area contributed by atoms with Crippen LogP contribution in [0.4, 0.5) is 0 Å². The zero-order chi connectivity index (χ0) is 13.3. The minimum absolute atomic E-state index is 0.00840. The van der Waals surface area contributed by atoms with E-state index in [4.69, 9.17) is 5.73 Å². The third kappa shape index (κ3) is 2.61. The lowest BCUT2D eigenvalue weighted by atomic mass is 10.0. The number of nitrogens with zero attached hydrogens (tertiary/aromatic N) is 1. The third-order valence-corrected chi connectivity index (χ3v) is 7.11. The predicted octanol–water partition coefficient (Wildman–Crippen LogP) is 1.81. The van der Waals surface area contributed by atoms with E-state index in [1.165, 1.54) is 11.3 Å². The van der Waals surface area contributed by atoms with Gasteiger partial charge < -0.3 is 5.73 Å². The fourth-order valence-corrected chi connectivity index (χ4v) is 5.43. The second-order valence-electron chi connectivity index (χ2n) is 4.82. The molecular weight excluding hydrogens is 268 g/mol. The Morgan fingerprint density at radius 3 is 2.78 bits per heavy atom. The molecule has 1 fully saturated rings. The Balaban J connectivity index is 2.25. The fraction of sp³-hybridized carbons (Fsp3) is 0.667. The monoisotopic (exact) mass is 288 g/mol. The largest absolute Gasteiger partial charge is 0.328 e. The number of hydrogen-bond donors (Lipinski definition) is 1. The quantitative estimate of drug-likeness (QED) is 0.922. The van der Waals surface area contributed by atoms with Crippen molar-refractivity contribution in [2.45, 2.75) is 49.4 Å². The summed E-state index contributed by atoms with van der Waals surface area (Å²) in [6, 6.07) is 3.74. The average Bonchev–Trinajstić information content (AvgIpc) is 2.77. The van der Waals surface area contributed by atoms with Crippen molar-refractivity contribution in [3.8, 4) is 0 Å². The first-order valence-corrected chi connectivity index (χ1v) is 8.57. The second kappa shape index (κ2) is 5.28. The molecule has 0 saturated carbocycles. The lowest BCUT2D eigenvalue weighted by Crippen LogP contribution is -2.48. The van der Waals surface area contributed by atoms with Gasteiger partial charge in [-0.15, -0.1) is 11.3 Å². The second-order valence-corrected chi connectivity index (χ2v) is 8.11. The van der Waals surface area contributed by atoms with Crippen LogP contribution in [0.2, 0.25) is 0 Å². The number of aryl methyl sites for hydroxylation is 1. The SMILES string of the molecule is CCc1ccc(S(=O)(=O)N2CCC(N)CC2C)s1. The molecule has 2 rings (SSSR count). The lowest BCUT2D eigenvalue weighted by Gasteiger charge is -2.34. The molecule has 6 heteroatoms. The molecule has 0 radical (unpaired) electrons. The molecule has 0 spiro atoms. The first-order valence-electron chi connectivity index (χ1n) is 6.31. The van der Waals surface area contributed by atoms with Crippen molar-refractivity contribution in [1.29, 1.82) is 0 Å². The van der Waals surface area contributed by atoms with Crippen LogP contribution >= 0.6 is 11.3 Å². The van der Waals surface area contributed by atoms with Gasteiger partial charge in [0.05, 0.1) is 0 Å². The molecule has 4 nitrogen and oxygen atoms in total. The number of hydrogen-bond acceptors (Lipinski definition) is 4. The van der Waals surface area contributed by atoms with E-state index in [0.29, 0.717) is 10.8 Å². The number of rotatable bonds is 3. The highest BCUT2D eigenvalue weighted by Gasteiger charge is 2.34. The molecule has 1 aromatic heterocycles. The molecule has 2 unspecified atom stereocenters. The number of thiophene rings is 1. The number of piperidine rings is 1. The highest BCUT2D eigenvalue weighted by molar-refractivity contribution is 7.91. The summed E-state index contributed by atoms with van der Waals surface area (Å²) in [4.78, 5) is 1.11. The van der Waals surface area contributed by atoms with Crippen LogP contribution in [0.3, 0.4) is 0 Å². The molecular formula is C12H20N2O2S2. The van der Waals surface area contributed by atoms with Gasteiger partial charge in [-0.2, -0.15) is 4.31 Å². The van der Waals surface area contributed by atoms with Crippen LogP contribution in [0.15, 0.2) is 16.3 Å². The van der Waals surface area contributed by atoms with E-state index in [-0.39, 0.29) is 12.1 Å². The zero-order valence-corrected chi connectivity index (χ0v) is 12.4. The minimum atomic E-state index is -3.33. The maximum Gasteiger partial charge on any atom is 0.252 e. The van der Waals surface area contributed by atoms with Crippen molar-refractivity contribution in [2.24, 2.45) is 5.73 Å². The Kier molecular flexibility index (Phi) is 4.11. The van der Waals surface area contributed by atoms with E-state index >= 15 is 0 Å². The van der Waals surface area contributed by atoms with Gasteiger partial charge in [0.1, 0.15) is 4.21 Å². The van der Waals surface area contributed by atoms with Crippen LogP contribution in [0.25, 0.3) is 0 Å². The number of sulfonamides is 1. The van der Waals surface area contributed by atoms with E-state index < -0.39 is 10.0 Å². The van der Waals surface area contributed by atoms with Gasteiger partial charge in [-0.25, -0.2) is 8.42 Å². The molecule has 18 heavy (non-hydrogen) atoms. The molecule has 2 atom stereocenters. The topological polar surface area (TPSA) is 63.4 Å². The van der Waals surface area contributed by atoms with Gasteiger partial charge >= 0.3 is 0 Å². The van der Waals surface area contributed by atoms with Gasteiger partial charge in [0.25, 0.3) is 10.0 Å². The van der Waals surface area contributed by atoms with E-state index in [1.807, 2.05) is 19.9 Å². The fourth-order valence-electron chi connectivity index (χ4n) is 2.35. The lowest BCUT2D eigenvalue weighted by molar-refractivity contribution is 0.247. The van der Waals surface area contributed by atoms with Crippen LogP contribution in [-0.2, 0) is 16.4 Å². The molecule has 1 aliphatic rings. The Hall–Kier alpha value is -0.430. The Morgan fingerprint density at radius 1 is 1.50 bits per heavy atom. The van der Waals surface area contributed by atoms with Gasteiger partial charge in [-0.1, -0.05) is 6.92 Å². The Bertz CT molecular complexity index is 510. The first-order chi connectivity index (χ1) is 8.45. The van der Waals surface area contributed by atoms with Crippen molar-refractivity contribution in [1.82, 2.24) is 4.31 Å². The van der Waals surface area contributed by atoms with Crippen molar-refractivity contribution in [3.05, 3.63) is 17.0 Å². The molecule has 0 amide bonds. The van der Waals surface area contributed by atoms with E-state index in [9.17, 15) is 8.42 Å². The summed E-state index contributed by atoms with van der Waals surface area (Å²) in [5.41, 5.74) is 5.88. The summed E-state index contributed by atoms with van der Waals surface area (Å²) in [5.74, 6) is 0. The molecule has 0 aromatic carbocycles. The van der Waals surface area contributed by atoms with Gasteiger partial charge in [0.15, 0.2) is 0 Å². The summed E-state index contributed by atoms with van der Waals surface area (Å²) in [6.07, 6.45) is 2.36. The van der Waals surface area contributed by atoms with Gasteiger partial charge in [0, 0.05) is 23.5 Å². The molecule has 1 aliphatic heterocycles. The molecule has 0 aliphatic carbocycles. The van der Waals surface area contributed by atoms with E-state index in [1.54, 1.807) is 10.4 Å². The van der Waals surface area contributed by atoms with Crippen molar-refractivity contribution >= 4 is 21.4 Å². The molecule has 2 N–H and O–H groups in total. The minimum Gasteiger partial charge on any atom is -0.328 e. The van der Waals surface area contributed by atoms with Gasteiger partial charge in [0.2, 0.25) is 0 Å². The van der Waals surface area contributed by atoms with Crippen LogP contribution in [0, 0.1) is 0 Å². The standard InChI is InChI=1S/C12H20N2O2S2/c1-3-11-4-5-12(17-11)18(15,16)14-7-6-10(13)8-9(14)2/h4-5,9-10H,3,6-8,13H2,1-2H3. The van der Waals surface area contributed by atoms with Crippen LogP contribution in [0.1, 0.15) is 31.6 Å². The molecule has 0 bridgehead atoms. The smallest absolute Gasteiger partial charge is 0.252 e. The van der Waals surface area contributed by atoms with Crippen LogP contribution < -0.4 is 5.73 Å². The Labute approximate surface area is 113 Å². The van der Waals surface area contributed by atoms with Gasteiger partial charge in [-0.3, -0.25) is 0 Å². The molecule has 102 valence electrons. The van der Waals surface area contributed by atoms with Crippen molar-refractivity contribution in [2.75, 3.05) is 6.54 Å². The van der Waals surface area contributed by atoms with Crippen molar-refractivity contribution < 1.29 is 8.42 Å². The van der Waals surface area contributed by atoms with Crippen LogP contribution in [-0.4, -0.2) is 31.4 Å². The molecule has 2 heterocycles.